The van der Waals surface area contributed by atoms with Crippen LogP contribution in [0.1, 0.15) is 19.4 Å². The monoisotopic (exact) mass is 250 g/mol. The van der Waals surface area contributed by atoms with Gasteiger partial charge in [0.05, 0.1) is 6.61 Å². The van der Waals surface area contributed by atoms with E-state index in [0.29, 0.717) is 32.8 Å². The highest BCUT2D eigenvalue weighted by molar-refractivity contribution is 5.74. The SMILES string of the molecule is CCOCCNC(=O)N(CC)Cc1ccccc1. The molecule has 0 saturated heterocycles. The summed E-state index contributed by atoms with van der Waals surface area (Å²) in [6.45, 7) is 7.04. The topological polar surface area (TPSA) is 41.6 Å². The molecule has 0 radical (unpaired) electrons. The normalized spacial score (nSPS) is 10.1. The molecule has 0 unspecified atom stereocenters. The summed E-state index contributed by atoms with van der Waals surface area (Å²) in [6, 6.07) is 9.95. The van der Waals surface area contributed by atoms with E-state index in [0.717, 1.165) is 5.56 Å². The van der Waals surface area contributed by atoms with Crippen molar-refractivity contribution in [3.63, 3.8) is 0 Å². The number of hydrogen-bond acceptors (Lipinski definition) is 2. The van der Waals surface area contributed by atoms with Gasteiger partial charge in [-0.3, -0.25) is 0 Å². The quantitative estimate of drug-likeness (QED) is 0.754. The van der Waals surface area contributed by atoms with E-state index in [-0.39, 0.29) is 6.03 Å². The second-order valence-electron chi connectivity index (χ2n) is 3.93. The lowest BCUT2D eigenvalue weighted by atomic mass is 10.2. The highest BCUT2D eigenvalue weighted by Crippen LogP contribution is 2.04. The zero-order valence-corrected chi connectivity index (χ0v) is 11.2. The Morgan fingerprint density at radius 1 is 1.28 bits per heavy atom. The predicted octanol–water partition coefficient (Wildman–Crippen LogP) is 2.25. The second-order valence-corrected chi connectivity index (χ2v) is 3.93. The molecular formula is C14H22N2O2. The molecule has 4 heteroatoms. The zero-order valence-electron chi connectivity index (χ0n) is 11.2. The van der Waals surface area contributed by atoms with Gasteiger partial charge < -0.3 is 15.0 Å². The Morgan fingerprint density at radius 2 is 2.00 bits per heavy atom. The second kappa shape index (κ2) is 8.53. The summed E-state index contributed by atoms with van der Waals surface area (Å²) in [5, 5.41) is 2.85. The zero-order chi connectivity index (χ0) is 13.2. The minimum atomic E-state index is -0.0407. The molecule has 0 fully saturated rings. The molecule has 0 heterocycles. The number of benzene rings is 1. The number of rotatable bonds is 7. The van der Waals surface area contributed by atoms with Crippen molar-refractivity contribution in [1.29, 1.82) is 0 Å². The van der Waals surface area contributed by atoms with E-state index in [4.69, 9.17) is 4.74 Å². The van der Waals surface area contributed by atoms with Gasteiger partial charge in [-0.05, 0) is 19.4 Å². The molecule has 0 spiro atoms. The molecule has 2 amide bonds. The summed E-state index contributed by atoms with van der Waals surface area (Å²) in [5.41, 5.74) is 1.14. The summed E-state index contributed by atoms with van der Waals surface area (Å²) in [4.78, 5) is 13.7. The van der Waals surface area contributed by atoms with Gasteiger partial charge >= 0.3 is 6.03 Å². The molecular weight excluding hydrogens is 228 g/mol. The van der Waals surface area contributed by atoms with Crippen LogP contribution in [0.15, 0.2) is 30.3 Å². The van der Waals surface area contributed by atoms with E-state index in [1.54, 1.807) is 4.90 Å². The van der Waals surface area contributed by atoms with Crippen LogP contribution in [0.2, 0.25) is 0 Å². The van der Waals surface area contributed by atoms with Gasteiger partial charge in [0.1, 0.15) is 0 Å². The van der Waals surface area contributed by atoms with Gasteiger partial charge in [-0.15, -0.1) is 0 Å². The molecule has 0 aliphatic rings. The molecule has 1 aromatic carbocycles. The largest absolute Gasteiger partial charge is 0.380 e. The Hall–Kier alpha value is -1.55. The molecule has 1 aromatic rings. The highest BCUT2D eigenvalue weighted by Gasteiger charge is 2.10. The number of carbonyl (C=O) groups excluding carboxylic acids is 1. The smallest absolute Gasteiger partial charge is 0.317 e. The predicted molar refractivity (Wildman–Crippen MR) is 72.4 cm³/mol. The van der Waals surface area contributed by atoms with Crippen LogP contribution in [0.25, 0.3) is 0 Å². The number of urea groups is 1. The maximum absolute atomic E-state index is 11.9. The third kappa shape index (κ3) is 5.19. The average Bonchev–Trinajstić information content (AvgIpc) is 2.42. The highest BCUT2D eigenvalue weighted by atomic mass is 16.5. The Bertz CT molecular complexity index is 341. The molecule has 0 bridgehead atoms. The van der Waals surface area contributed by atoms with Gasteiger partial charge in [0, 0.05) is 26.2 Å². The lowest BCUT2D eigenvalue weighted by molar-refractivity contribution is 0.145. The third-order valence-corrected chi connectivity index (χ3v) is 2.61. The lowest BCUT2D eigenvalue weighted by Gasteiger charge is -2.21. The fourth-order valence-corrected chi connectivity index (χ4v) is 1.62. The van der Waals surface area contributed by atoms with E-state index in [2.05, 4.69) is 5.32 Å². The van der Waals surface area contributed by atoms with Crippen molar-refractivity contribution < 1.29 is 9.53 Å². The van der Waals surface area contributed by atoms with Gasteiger partial charge in [0.2, 0.25) is 0 Å². The fourth-order valence-electron chi connectivity index (χ4n) is 1.62. The van der Waals surface area contributed by atoms with Crippen LogP contribution in [0.3, 0.4) is 0 Å². The Kier molecular flexibility index (Phi) is 6.87. The summed E-state index contributed by atoms with van der Waals surface area (Å²) in [7, 11) is 0. The third-order valence-electron chi connectivity index (χ3n) is 2.61. The van der Waals surface area contributed by atoms with Gasteiger partial charge in [-0.25, -0.2) is 4.79 Å². The first-order valence-electron chi connectivity index (χ1n) is 6.42. The van der Waals surface area contributed by atoms with E-state index in [9.17, 15) is 4.79 Å². The Morgan fingerprint density at radius 3 is 2.61 bits per heavy atom. The van der Waals surface area contributed by atoms with Crippen LogP contribution in [0.4, 0.5) is 4.79 Å². The molecule has 1 N–H and O–H groups in total. The maximum atomic E-state index is 11.9. The van der Waals surface area contributed by atoms with Crippen molar-refractivity contribution in [2.75, 3.05) is 26.3 Å². The van der Waals surface area contributed by atoms with E-state index in [1.165, 1.54) is 0 Å². The van der Waals surface area contributed by atoms with Crippen LogP contribution in [-0.2, 0) is 11.3 Å². The molecule has 1 rings (SSSR count). The van der Waals surface area contributed by atoms with E-state index >= 15 is 0 Å². The summed E-state index contributed by atoms with van der Waals surface area (Å²) in [6.07, 6.45) is 0. The number of nitrogens with zero attached hydrogens (tertiary/aromatic N) is 1. The fraction of sp³-hybridized carbons (Fsp3) is 0.500. The molecule has 0 atom stereocenters. The van der Waals surface area contributed by atoms with Gasteiger partial charge in [0.15, 0.2) is 0 Å². The first kappa shape index (κ1) is 14.5. The number of nitrogens with one attached hydrogen (secondary N) is 1. The van der Waals surface area contributed by atoms with E-state index in [1.807, 2.05) is 44.2 Å². The van der Waals surface area contributed by atoms with Crippen LogP contribution >= 0.6 is 0 Å². The average molecular weight is 250 g/mol. The molecule has 4 nitrogen and oxygen atoms in total. The number of amides is 2. The van der Waals surface area contributed by atoms with Crippen molar-refractivity contribution >= 4 is 6.03 Å². The molecule has 18 heavy (non-hydrogen) atoms. The van der Waals surface area contributed by atoms with E-state index < -0.39 is 0 Å². The van der Waals surface area contributed by atoms with Crippen LogP contribution in [0.5, 0.6) is 0 Å². The van der Waals surface area contributed by atoms with Crippen LogP contribution < -0.4 is 5.32 Å². The minimum absolute atomic E-state index is 0.0407. The maximum Gasteiger partial charge on any atom is 0.317 e. The first-order chi connectivity index (χ1) is 8.77. The summed E-state index contributed by atoms with van der Waals surface area (Å²) < 4.78 is 5.18. The first-order valence-corrected chi connectivity index (χ1v) is 6.42. The minimum Gasteiger partial charge on any atom is -0.380 e. The van der Waals surface area contributed by atoms with Crippen molar-refractivity contribution in [3.8, 4) is 0 Å². The van der Waals surface area contributed by atoms with Gasteiger partial charge in [-0.1, -0.05) is 30.3 Å². The van der Waals surface area contributed by atoms with Crippen LogP contribution in [0, 0.1) is 0 Å². The Labute approximate surface area is 109 Å². The lowest BCUT2D eigenvalue weighted by Crippen LogP contribution is -2.40. The summed E-state index contributed by atoms with van der Waals surface area (Å²) in [5.74, 6) is 0. The van der Waals surface area contributed by atoms with Gasteiger partial charge in [-0.2, -0.15) is 0 Å². The summed E-state index contributed by atoms with van der Waals surface area (Å²) >= 11 is 0. The van der Waals surface area contributed by atoms with Gasteiger partial charge in [0.25, 0.3) is 0 Å². The number of hydrogen-bond donors (Lipinski definition) is 1. The molecule has 0 saturated carbocycles. The standard InChI is InChI=1S/C14H22N2O2/c1-3-16(12-13-8-6-5-7-9-13)14(17)15-10-11-18-4-2/h5-9H,3-4,10-12H2,1-2H3,(H,15,17). The van der Waals surface area contributed by atoms with Crippen molar-refractivity contribution in [2.45, 2.75) is 20.4 Å². The molecule has 0 aliphatic carbocycles. The Balaban J connectivity index is 2.38. The number of carbonyl (C=O) groups is 1. The van der Waals surface area contributed by atoms with Crippen molar-refractivity contribution in [2.24, 2.45) is 0 Å². The van der Waals surface area contributed by atoms with Crippen molar-refractivity contribution in [1.82, 2.24) is 10.2 Å². The number of ether oxygens (including phenoxy) is 1. The molecule has 0 aliphatic heterocycles. The molecule has 100 valence electrons. The van der Waals surface area contributed by atoms with Crippen molar-refractivity contribution in [3.05, 3.63) is 35.9 Å². The molecule has 0 aromatic heterocycles. The van der Waals surface area contributed by atoms with Crippen LogP contribution in [-0.4, -0.2) is 37.2 Å².